The van der Waals surface area contributed by atoms with Crippen molar-refractivity contribution >= 4 is 17.4 Å². The molecule has 0 N–H and O–H groups in total. The second-order valence-electron chi connectivity index (χ2n) is 3.78. The highest BCUT2D eigenvalue weighted by Crippen LogP contribution is 2.22. The third kappa shape index (κ3) is 2.24. The quantitative estimate of drug-likeness (QED) is 0.759. The van der Waals surface area contributed by atoms with Crippen LogP contribution in [0.2, 0.25) is 5.02 Å². The summed E-state index contributed by atoms with van der Waals surface area (Å²) in [7, 11) is 0. The molecule has 0 spiro atoms. The van der Waals surface area contributed by atoms with Gasteiger partial charge >= 0.3 is 0 Å². The van der Waals surface area contributed by atoms with Gasteiger partial charge in [0.05, 0.1) is 11.1 Å². The van der Waals surface area contributed by atoms with Crippen LogP contribution in [0, 0.1) is 19.7 Å². The first-order valence-electron chi connectivity index (χ1n) is 5.06. The van der Waals surface area contributed by atoms with E-state index in [0.717, 1.165) is 0 Å². The van der Waals surface area contributed by atoms with Crippen molar-refractivity contribution in [3.8, 4) is 0 Å². The van der Waals surface area contributed by atoms with Crippen molar-refractivity contribution in [3.63, 3.8) is 0 Å². The van der Waals surface area contributed by atoms with Gasteiger partial charge in [0.2, 0.25) is 0 Å². The Hall–Kier alpha value is -1.61. The standard InChI is InChI=1S/C13H10ClFO2/c1-7-5-10(8(2)17-7)13(16)11-6-9(14)3-4-12(11)15/h3-6H,1-2H3. The fourth-order valence-electron chi connectivity index (χ4n) is 1.67. The Morgan fingerprint density at radius 3 is 2.53 bits per heavy atom. The van der Waals surface area contributed by atoms with Gasteiger partial charge < -0.3 is 4.42 Å². The summed E-state index contributed by atoms with van der Waals surface area (Å²) >= 11 is 5.75. The molecular formula is C13H10ClFO2. The van der Waals surface area contributed by atoms with E-state index in [-0.39, 0.29) is 5.56 Å². The smallest absolute Gasteiger partial charge is 0.199 e. The van der Waals surface area contributed by atoms with E-state index < -0.39 is 11.6 Å². The van der Waals surface area contributed by atoms with Gasteiger partial charge in [0.1, 0.15) is 17.3 Å². The van der Waals surface area contributed by atoms with Gasteiger partial charge in [0.15, 0.2) is 5.78 Å². The Labute approximate surface area is 103 Å². The molecule has 0 bridgehead atoms. The van der Waals surface area contributed by atoms with E-state index in [0.29, 0.717) is 22.1 Å². The second-order valence-corrected chi connectivity index (χ2v) is 4.22. The molecule has 0 radical (unpaired) electrons. The summed E-state index contributed by atoms with van der Waals surface area (Å²) in [5, 5.41) is 0.326. The molecule has 2 rings (SSSR count). The van der Waals surface area contributed by atoms with Crippen molar-refractivity contribution in [2.24, 2.45) is 0 Å². The summed E-state index contributed by atoms with van der Waals surface area (Å²) in [5.41, 5.74) is 0.324. The molecule has 0 aliphatic carbocycles. The van der Waals surface area contributed by atoms with Crippen LogP contribution in [0.25, 0.3) is 0 Å². The first kappa shape index (κ1) is 11.9. The minimum absolute atomic E-state index is 0.0404. The first-order valence-corrected chi connectivity index (χ1v) is 5.43. The molecule has 0 fully saturated rings. The number of halogens is 2. The number of rotatable bonds is 2. The highest BCUT2D eigenvalue weighted by atomic mass is 35.5. The van der Waals surface area contributed by atoms with Gasteiger partial charge in [0, 0.05) is 5.02 Å². The van der Waals surface area contributed by atoms with Crippen LogP contribution in [0.3, 0.4) is 0 Å². The Kier molecular flexibility index (Phi) is 3.03. The molecule has 2 aromatic rings. The van der Waals surface area contributed by atoms with Crippen LogP contribution >= 0.6 is 11.6 Å². The van der Waals surface area contributed by atoms with Crippen LogP contribution in [0.15, 0.2) is 28.7 Å². The van der Waals surface area contributed by atoms with E-state index in [9.17, 15) is 9.18 Å². The lowest BCUT2D eigenvalue weighted by Crippen LogP contribution is -2.04. The topological polar surface area (TPSA) is 30.2 Å². The van der Waals surface area contributed by atoms with E-state index in [1.807, 2.05) is 0 Å². The number of carbonyl (C=O) groups excluding carboxylic acids is 1. The highest BCUT2D eigenvalue weighted by Gasteiger charge is 2.19. The molecule has 0 saturated carbocycles. The summed E-state index contributed by atoms with van der Waals surface area (Å²) < 4.78 is 18.8. The van der Waals surface area contributed by atoms with Crippen LogP contribution < -0.4 is 0 Å². The fraction of sp³-hybridized carbons (Fsp3) is 0.154. The molecule has 0 aliphatic heterocycles. The van der Waals surface area contributed by atoms with Crippen LogP contribution in [0.4, 0.5) is 4.39 Å². The first-order chi connectivity index (χ1) is 7.99. The number of benzene rings is 1. The predicted octanol–water partition coefficient (Wildman–Crippen LogP) is 3.92. The molecule has 1 aromatic heterocycles. The van der Waals surface area contributed by atoms with E-state index in [4.69, 9.17) is 16.0 Å². The molecule has 17 heavy (non-hydrogen) atoms. The SMILES string of the molecule is Cc1cc(C(=O)c2cc(Cl)ccc2F)c(C)o1. The number of furan rings is 1. The van der Waals surface area contributed by atoms with Crippen LogP contribution in [-0.2, 0) is 0 Å². The van der Waals surface area contributed by atoms with Crippen LogP contribution in [0.1, 0.15) is 27.4 Å². The molecule has 4 heteroatoms. The Balaban J connectivity index is 2.50. The fourth-order valence-corrected chi connectivity index (χ4v) is 1.84. The van der Waals surface area contributed by atoms with Crippen molar-refractivity contribution in [1.82, 2.24) is 0 Å². The zero-order chi connectivity index (χ0) is 12.6. The van der Waals surface area contributed by atoms with E-state index in [2.05, 4.69) is 0 Å². The van der Waals surface area contributed by atoms with Crippen molar-refractivity contribution in [3.05, 3.63) is 57.8 Å². The molecule has 88 valence electrons. The molecular weight excluding hydrogens is 243 g/mol. The molecule has 0 saturated heterocycles. The lowest BCUT2D eigenvalue weighted by Gasteiger charge is -2.01. The van der Waals surface area contributed by atoms with Crippen LogP contribution in [-0.4, -0.2) is 5.78 Å². The average Bonchev–Trinajstić information content (AvgIpc) is 2.60. The van der Waals surface area contributed by atoms with Gasteiger partial charge in [-0.1, -0.05) is 11.6 Å². The third-order valence-corrected chi connectivity index (χ3v) is 2.69. The molecule has 1 aromatic carbocycles. The van der Waals surface area contributed by atoms with E-state index in [1.54, 1.807) is 19.9 Å². The normalized spacial score (nSPS) is 10.6. The van der Waals surface area contributed by atoms with Gasteiger partial charge in [-0.25, -0.2) is 4.39 Å². The molecule has 0 aliphatic rings. The van der Waals surface area contributed by atoms with Crippen LogP contribution in [0.5, 0.6) is 0 Å². The summed E-state index contributed by atoms with van der Waals surface area (Å²) in [4.78, 5) is 12.1. The third-order valence-electron chi connectivity index (χ3n) is 2.46. The van der Waals surface area contributed by atoms with Gasteiger partial charge in [-0.15, -0.1) is 0 Å². The molecule has 1 heterocycles. The zero-order valence-electron chi connectivity index (χ0n) is 9.38. The molecule has 0 amide bonds. The lowest BCUT2D eigenvalue weighted by molar-refractivity contribution is 0.103. The van der Waals surface area contributed by atoms with E-state index >= 15 is 0 Å². The largest absolute Gasteiger partial charge is 0.466 e. The van der Waals surface area contributed by atoms with Crippen molar-refractivity contribution in [1.29, 1.82) is 0 Å². The van der Waals surface area contributed by atoms with Gasteiger partial charge in [-0.3, -0.25) is 4.79 Å². The number of carbonyl (C=O) groups is 1. The maximum Gasteiger partial charge on any atom is 0.199 e. The molecule has 0 unspecified atom stereocenters. The monoisotopic (exact) mass is 252 g/mol. The van der Waals surface area contributed by atoms with E-state index in [1.165, 1.54) is 18.2 Å². The number of aryl methyl sites for hydroxylation is 2. The second kappa shape index (κ2) is 4.34. The Bertz CT molecular complexity index is 587. The predicted molar refractivity (Wildman–Crippen MR) is 63.0 cm³/mol. The summed E-state index contributed by atoms with van der Waals surface area (Å²) in [6, 6.07) is 5.50. The minimum Gasteiger partial charge on any atom is -0.466 e. The molecule has 2 nitrogen and oxygen atoms in total. The van der Waals surface area contributed by atoms with Crippen molar-refractivity contribution in [2.45, 2.75) is 13.8 Å². The highest BCUT2D eigenvalue weighted by molar-refractivity contribution is 6.31. The maximum atomic E-state index is 13.5. The van der Waals surface area contributed by atoms with Gasteiger partial charge in [-0.05, 0) is 38.1 Å². The Morgan fingerprint density at radius 2 is 1.94 bits per heavy atom. The van der Waals surface area contributed by atoms with Crippen molar-refractivity contribution in [2.75, 3.05) is 0 Å². The number of hydrogen-bond acceptors (Lipinski definition) is 2. The van der Waals surface area contributed by atoms with Crippen molar-refractivity contribution < 1.29 is 13.6 Å². The number of ketones is 1. The Morgan fingerprint density at radius 1 is 1.24 bits per heavy atom. The van der Waals surface area contributed by atoms with Gasteiger partial charge in [0.25, 0.3) is 0 Å². The maximum absolute atomic E-state index is 13.5. The minimum atomic E-state index is -0.586. The van der Waals surface area contributed by atoms with Gasteiger partial charge in [-0.2, -0.15) is 0 Å². The summed E-state index contributed by atoms with van der Waals surface area (Å²) in [6.45, 7) is 3.40. The number of hydrogen-bond donors (Lipinski definition) is 0. The average molecular weight is 253 g/mol. The summed E-state index contributed by atoms with van der Waals surface area (Å²) in [5.74, 6) is 0.0946. The zero-order valence-corrected chi connectivity index (χ0v) is 10.1. The molecule has 0 atom stereocenters. The summed E-state index contributed by atoms with van der Waals surface area (Å²) in [6.07, 6.45) is 0. The lowest BCUT2D eigenvalue weighted by atomic mass is 10.0.